The van der Waals surface area contributed by atoms with E-state index in [9.17, 15) is 4.79 Å². The van der Waals surface area contributed by atoms with Crippen LogP contribution in [-0.2, 0) is 0 Å². The lowest BCUT2D eigenvalue weighted by Gasteiger charge is -2.12. The minimum absolute atomic E-state index is 0.348. The number of pyridine rings is 1. The van der Waals surface area contributed by atoms with Gasteiger partial charge in [-0.15, -0.1) is 0 Å². The van der Waals surface area contributed by atoms with Crippen molar-refractivity contribution in [2.24, 2.45) is 0 Å². The molecule has 2 aromatic rings. The molecule has 2 rings (SSSR count). The number of halogens is 1. The minimum atomic E-state index is -0.744. The lowest BCUT2D eigenvalue weighted by molar-refractivity contribution is 0.0945. The molecule has 0 radical (unpaired) electrons. The molecule has 5 heteroatoms. The predicted octanol–water partition coefficient (Wildman–Crippen LogP) is 2.73. The third-order valence-electron chi connectivity index (χ3n) is 2.51. The number of nitrogens with zero attached hydrogens (tertiary/aromatic N) is 2. The third kappa shape index (κ3) is 3.30. The average Bonchev–Trinajstić information content (AvgIpc) is 2.45. The summed E-state index contributed by atoms with van der Waals surface area (Å²) in [4.78, 5) is 15.8. The Hall–Kier alpha value is -2.38. The number of rotatable bonds is 3. The summed E-state index contributed by atoms with van der Waals surface area (Å²) in [6.45, 7) is 0. The number of nitrogens with one attached hydrogen (secondary N) is 1. The second kappa shape index (κ2) is 5.98. The van der Waals surface area contributed by atoms with Crippen LogP contribution >= 0.6 is 11.6 Å². The molecule has 0 saturated carbocycles. The van der Waals surface area contributed by atoms with Crippen LogP contribution in [0.25, 0.3) is 0 Å². The van der Waals surface area contributed by atoms with Crippen molar-refractivity contribution in [3.8, 4) is 6.07 Å². The number of carbonyl (C=O) groups is 1. The summed E-state index contributed by atoms with van der Waals surface area (Å²) in [5.74, 6) is -0.348. The normalized spacial score (nSPS) is 11.4. The summed E-state index contributed by atoms with van der Waals surface area (Å²) in [7, 11) is 0. The van der Waals surface area contributed by atoms with Gasteiger partial charge in [0.1, 0.15) is 6.04 Å². The molecule has 1 N–H and O–H groups in total. The fraction of sp³-hybridized carbons (Fsp3) is 0.0714. The van der Waals surface area contributed by atoms with E-state index < -0.39 is 6.04 Å². The van der Waals surface area contributed by atoms with Gasteiger partial charge in [-0.1, -0.05) is 23.7 Å². The minimum Gasteiger partial charge on any atom is -0.332 e. The zero-order chi connectivity index (χ0) is 13.7. The van der Waals surface area contributed by atoms with Crippen molar-refractivity contribution in [3.63, 3.8) is 0 Å². The monoisotopic (exact) mass is 271 g/mol. The van der Waals surface area contributed by atoms with Crippen molar-refractivity contribution in [1.82, 2.24) is 10.3 Å². The first kappa shape index (κ1) is 13.1. The standard InChI is InChI=1S/C14H10ClN3O/c15-12-5-1-3-10(7-12)13(8-16)18-14(19)11-4-2-6-17-9-11/h1-7,9,13H,(H,18,19). The zero-order valence-electron chi connectivity index (χ0n) is 9.88. The first-order valence-electron chi connectivity index (χ1n) is 5.56. The lowest BCUT2D eigenvalue weighted by Crippen LogP contribution is -2.27. The molecule has 19 heavy (non-hydrogen) atoms. The first-order chi connectivity index (χ1) is 9.20. The van der Waals surface area contributed by atoms with Crippen molar-refractivity contribution < 1.29 is 4.79 Å². The van der Waals surface area contributed by atoms with Gasteiger partial charge in [0.15, 0.2) is 0 Å². The molecule has 1 atom stereocenters. The molecule has 4 nitrogen and oxygen atoms in total. The number of hydrogen-bond acceptors (Lipinski definition) is 3. The molecule has 94 valence electrons. The molecule has 0 saturated heterocycles. The van der Waals surface area contributed by atoms with Crippen molar-refractivity contribution >= 4 is 17.5 Å². The summed E-state index contributed by atoms with van der Waals surface area (Å²) >= 11 is 5.87. The van der Waals surface area contributed by atoms with E-state index in [2.05, 4.69) is 10.3 Å². The van der Waals surface area contributed by atoms with E-state index in [0.717, 1.165) is 0 Å². The van der Waals surface area contributed by atoms with Gasteiger partial charge in [-0.25, -0.2) is 0 Å². The Labute approximate surface area is 115 Å². The van der Waals surface area contributed by atoms with E-state index in [1.54, 1.807) is 42.6 Å². The Morgan fingerprint density at radius 3 is 2.84 bits per heavy atom. The molecule has 1 heterocycles. The van der Waals surface area contributed by atoms with Crippen LogP contribution in [0, 0.1) is 11.3 Å². The largest absolute Gasteiger partial charge is 0.332 e. The Morgan fingerprint density at radius 2 is 2.21 bits per heavy atom. The highest BCUT2D eigenvalue weighted by atomic mass is 35.5. The van der Waals surface area contributed by atoms with Crippen LogP contribution in [0.15, 0.2) is 48.8 Å². The number of hydrogen-bond donors (Lipinski definition) is 1. The molecule has 0 aliphatic carbocycles. The summed E-state index contributed by atoms with van der Waals surface area (Å²) in [6, 6.07) is 11.4. The van der Waals surface area contributed by atoms with E-state index >= 15 is 0 Å². The highest BCUT2D eigenvalue weighted by Crippen LogP contribution is 2.17. The van der Waals surface area contributed by atoms with Crippen molar-refractivity contribution in [1.29, 1.82) is 5.26 Å². The molecule has 1 unspecified atom stereocenters. The second-order valence-electron chi connectivity index (χ2n) is 3.83. The van der Waals surface area contributed by atoms with Gasteiger partial charge in [-0.05, 0) is 29.8 Å². The highest BCUT2D eigenvalue weighted by molar-refractivity contribution is 6.30. The van der Waals surface area contributed by atoms with Gasteiger partial charge in [0.2, 0.25) is 0 Å². The Kier molecular flexibility index (Phi) is 4.11. The maximum atomic E-state index is 11.9. The van der Waals surface area contributed by atoms with E-state index in [1.807, 2.05) is 6.07 Å². The predicted molar refractivity (Wildman–Crippen MR) is 71.5 cm³/mol. The summed E-state index contributed by atoms with van der Waals surface area (Å²) < 4.78 is 0. The van der Waals surface area contributed by atoms with E-state index in [1.165, 1.54) is 6.20 Å². The van der Waals surface area contributed by atoms with Crippen LogP contribution in [-0.4, -0.2) is 10.9 Å². The van der Waals surface area contributed by atoms with Crippen molar-refractivity contribution in [3.05, 3.63) is 64.9 Å². The molecular weight excluding hydrogens is 262 g/mol. The number of amides is 1. The fourth-order valence-electron chi connectivity index (χ4n) is 1.59. The lowest BCUT2D eigenvalue weighted by atomic mass is 10.1. The maximum Gasteiger partial charge on any atom is 0.254 e. The zero-order valence-corrected chi connectivity index (χ0v) is 10.6. The Morgan fingerprint density at radius 1 is 1.37 bits per heavy atom. The van der Waals surface area contributed by atoms with Crippen LogP contribution in [0.5, 0.6) is 0 Å². The molecule has 0 aliphatic heterocycles. The van der Waals surface area contributed by atoms with Crippen LogP contribution in [0.4, 0.5) is 0 Å². The van der Waals surface area contributed by atoms with E-state index in [4.69, 9.17) is 16.9 Å². The number of carbonyl (C=O) groups excluding carboxylic acids is 1. The van der Waals surface area contributed by atoms with Crippen LogP contribution in [0.2, 0.25) is 5.02 Å². The SMILES string of the molecule is N#CC(NC(=O)c1cccnc1)c1cccc(Cl)c1. The summed E-state index contributed by atoms with van der Waals surface area (Å²) in [5.41, 5.74) is 1.05. The first-order valence-corrected chi connectivity index (χ1v) is 5.94. The van der Waals surface area contributed by atoms with Gasteiger partial charge in [-0.2, -0.15) is 5.26 Å². The summed E-state index contributed by atoms with van der Waals surface area (Å²) in [5, 5.41) is 12.3. The molecule has 0 fully saturated rings. The fourth-order valence-corrected chi connectivity index (χ4v) is 1.79. The van der Waals surface area contributed by atoms with E-state index in [-0.39, 0.29) is 5.91 Å². The second-order valence-corrected chi connectivity index (χ2v) is 4.27. The number of benzene rings is 1. The molecule has 1 aromatic carbocycles. The molecule has 1 aromatic heterocycles. The molecule has 0 bridgehead atoms. The van der Waals surface area contributed by atoms with E-state index in [0.29, 0.717) is 16.1 Å². The Bertz CT molecular complexity index is 622. The molecular formula is C14H10ClN3O. The highest BCUT2D eigenvalue weighted by Gasteiger charge is 2.15. The molecule has 1 amide bonds. The van der Waals surface area contributed by atoms with Crippen molar-refractivity contribution in [2.75, 3.05) is 0 Å². The van der Waals surface area contributed by atoms with Gasteiger partial charge >= 0.3 is 0 Å². The van der Waals surface area contributed by atoms with Crippen molar-refractivity contribution in [2.45, 2.75) is 6.04 Å². The van der Waals surface area contributed by atoms with Gasteiger partial charge < -0.3 is 5.32 Å². The van der Waals surface area contributed by atoms with Gasteiger partial charge in [-0.3, -0.25) is 9.78 Å². The van der Waals surface area contributed by atoms with Crippen LogP contribution < -0.4 is 5.32 Å². The van der Waals surface area contributed by atoms with Gasteiger partial charge in [0, 0.05) is 17.4 Å². The molecule has 0 spiro atoms. The quantitative estimate of drug-likeness (QED) is 0.933. The third-order valence-corrected chi connectivity index (χ3v) is 2.75. The smallest absolute Gasteiger partial charge is 0.254 e. The average molecular weight is 272 g/mol. The topological polar surface area (TPSA) is 65.8 Å². The summed E-state index contributed by atoms with van der Waals surface area (Å²) in [6.07, 6.45) is 3.03. The maximum absolute atomic E-state index is 11.9. The number of nitriles is 1. The molecule has 0 aliphatic rings. The Balaban J connectivity index is 2.17. The van der Waals surface area contributed by atoms with Crippen LogP contribution in [0.3, 0.4) is 0 Å². The number of aromatic nitrogens is 1. The van der Waals surface area contributed by atoms with Gasteiger partial charge in [0.05, 0.1) is 11.6 Å². The van der Waals surface area contributed by atoms with Crippen LogP contribution in [0.1, 0.15) is 22.0 Å². The van der Waals surface area contributed by atoms with Gasteiger partial charge in [0.25, 0.3) is 5.91 Å².